The minimum Gasteiger partial charge on any atom is -0.726 e. The number of allylic oxidation sites excluding steroid dienone is 3. The molecular formula is C14H19N2NaO5S3. The second-order valence-electron chi connectivity index (χ2n) is 5.28. The Morgan fingerprint density at radius 3 is 2.72 bits per heavy atom. The summed E-state index contributed by atoms with van der Waals surface area (Å²) in [7, 11) is -4.62. The van der Waals surface area contributed by atoms with E-state index in [1.54, 1.807) is 11.0 Å². The Morgan fingerprint density at radius 1 is 1.40 bits per heavy atom. The fourth-order valence-electron chi connectivity index (χ4n) is 2.57. The van der Waals surface area contributed by atoms with Gasteiger partial charge >= 0.3 is 29.6 Å². The van der Waals surface area contributed by atoms with Gasteiger partial charge in [-0.15, -0.1) is 0 Å². The van der Waals surface area contributed by atoms with E-state index in [1.807, 2.05) is 13.0 Å². The number of hydrogen-bond donors (Lipinski definition) is 0. The predicted molar refractivity (Wildman–Crippen MR) is 94.8 cm³/mol. The first-order valence-corrected chi connectivity index (χ1v) is 10.2. The van der Waals surface area contributed by atoms with Crippen molar-refractivity contribution in [2.45, 2.75) is 26.2 Å². The second-order valence-corrected chi connectivity index (χ2v) is 8.01. The Kier molecular flexibility index (Phi) is 9.62. The van der Waals surface area contributed by atoms with Crippen molar-refractivity contribution in [3.8, 4) is 0 Å². The number of likely N-dealkylation sites (N-methyl/N-ethyl adjacent to an activating group) is 1. The molecular weight excluding hydrogens is 395 g/mol. The van der Waals surface area contributed by atoms with Gasteiger partial charge in [-0.05, 0) is 38.3 Å². The van der Waals surface area contributed by atoms with Crippen molar-refractivity contribution in [1.29, 1.82) is 0 Å². The molecule has 0 saturated carbocycles. The van der Waals surface area contributed by atoms with Crippen LogP contribution in [0.2, 0.25) is 0 Å². The summed E-state index contributed by atoms with van der Waals surface area (Å²) >= 11 is 6.47. The van der Waals surface area contributed by atoms with E-state index in [4.69, 9.17) is 12.2 Å². The number of nitrogens with zero attached hydrogens (tertiary/aromatic N) is 2. The van der Waals surface area contributed by atoms with Crippen LogP contribution >= 0.6 is 24.0 Å². The minimum atomic E-state index is -4.62. The molecule has 1 amide bonds. The van der Waals surface area contributed by atoms with Crippen molar-refractivity contribution < 1.29 is 51.5 Å². The van der Waals surface area contributed by atoms with E-state index >= 15 is 0 Å². The summed E-state index contributed by atoms with van der Waals surface area (Å²) in [5.74, 6) is -0.0667. The maximum Gasteiger partial charge on any atom is 1.00 e. The van der Waals surface area contributed by atoms with Crippen LogP contribution in [0.5, 0.6) is 0 Å². The maximum absolute atomic E-state index is 12.1. The number of amides is 1. The van der Waals surface area contributed by atoms with E-state index < -0.39 is 10.4 Å². The smallest absolute Gasteiger partial charge is 0.726 e. The predicted octanol–water partition coefficient (Wildman–Crippen LogP) is -1.40. The third kappa shape index (κ3) is 6.94. The molecule has 2 saturated heterocycles. The topological polar surface area (TPSA) is 90.0 Å². The van der Waals surface area contributed by atoms with Gasteiger partial charge in [-0.25, -0.2) is 8.42 Å². The quantitative estimate of drug-likeness (QED) is 0.126. The molecule has 2 heterocycles. The Bertz CT molecular complexity index is 678. The summed E-state index contributed by atoms with van der Waals surface area (Å²) in [6.45, 7) is 3.79. The molecule has 0 aromatic carbocycles. The summed E-state index contributed by atoms with van der Waals surface area (Å²) in [5, 5.41) is 0. The molecule has 2 aliphatic rings. The van der Waals surface area contributed by atoms with Crippen LogP contribution in [0, 0.1) is 0 Å². The van der Waals surface area contributed by atoms with Crippen molar-refractivity contribution in [2.75, 3.05) is 26.2 Å². The molecule has 0 unspecified atom stereocenters. The van der Waals surface area contributed by atoms with Crippen LogP contribution in [0.25, 0.3) is 0 Å². The Morgan fingerprint density at radius 2 is 2.12 bits per heavy atom. The fraction of sp³-hybridized carbons (Fsp3) is 0.571. The van der Waals surface area contributed by atoms with E-state index in [2.05, 4.69) is 9.08 Å². The van der Waals surface area contributed by atoms with Gasteiger partial charge in [0.2, 0.25) is 10.4 Å². The first kappa shape index (κ1) is 23.1. The van der Waals surface area contributed by atoms with Crippen LogP contribution in [0.3, 0.4) is 0 Å². The minimum absolute atomic E-state index is 0. The van der Waals surface area contributed by atoms with Crippen LogP contribution in [-0.4, -0.2) is 59.2 Å². The van der Waals surface area contributed by atoms with Crippen molar-refractivity contribution >= 4 is 44.6 Å². The number of thioether (sulfide) groups is 1. The monoisotopic (exact) mass is 414 g/mol. The molecule has 2 fully saturated rings. The van der Waals surface area contributed by atoms with Gasteiger partial charge < -0.3 is 9.45 Å². The van der Waals surface area contributed by atoms with Crippen molar-refractivity contribution in [1.82, 2.24) is 9.80 Å². The first-order valence-electron chi connectivity index (χ1n) is 7.61. The van der Waals surface area contributed by atoms with Gasteiger partial charge in [0.15, 0.2) is 0 Å². The van der Waals surface area contributed by atoms with Crippen LogP contribution in [0.1, 0.15) is 26.2 Å². The van der Waals surface area contributed by atoms with Gasteiger partial charge in [-0.1, -0.05) is 24.0 Å². The van der Waals surface area contributed by atoms with Crippen molar-refractivity contribution in [3.05, 3.63) is 22.8 Å². The number of rotatable bonds is 7. The Labute approximate surface area is 180 Å². The summed E-state index contributed by atoms with van der Waals surface area (Å²) < 4.78 is 36.0. The molecule has 0 aromatic rings. The first-order chi connectivity index (χ1) is 11.3. The number of carbonyl (C=O) groups excluding carboxylic acids is 1. The zero-order chi connectivity index (χ0) is 17.7. The SMILES string of the molecule is CCN1C(=O)/C(=C\C=C2/CCCN2CCCOS(=O)(=O)[O-])SC1=S.[Na+]. The molecule has 0 aliphatic carbocycles. The van der Waals surface area contributed by atoms with Crippen molar-refractivity contribution in [2.24, 2.45) is 0 Å². The zero-order valence-electron chi connectivity index (χ0n) is 14.3. The van der Waals surface area contributed by atoms with E-state index in [9.17, 15) is 17.8 Å². The van der Waals surface area contributed by atoms with Gasteiger partial charge in [-0.2, -0.15) is 0 Å². The molecule has 0 aromatic heterocycles. The molecule has 134 valence electrons. The maximum atomic E-state index is 12.1. The third-order valence-corrected chi connectivity index (χ3v) is 5.54. The molecule has 11 heteroatoms. The van der Waals surface area contributed by atoms with Crippen LogP contribution in [-0.2, 0) is 19.4 Å². The fourth-order valence-corrected chi connectivity index (χ4v) is 4.22. The second kappa shape index (κ2) is 10.4. The zero-order valence-corrected chi connectivity index (χ0v) is 18.7. The molecule has 0 spiro atoms. The summed E-state index contributed by atoms with van der Waals surface area (Å²) in [6.07, 6.45) is 6.04. The largest absolute Gasteiger partial charge is 1.00 e. The molecule has 25 heavy (non-hydrogen) atoms. The molecule has 7 nitrogen and oxygen atoms in total. The van der Waals surface area contributed by atoms with Gasteiger partial charge in [0.1, 0.15) is 4.32 Å². The van der Waals surface area contributed by atoms with E-state index in [0.717, 1.165) is 25.1 Å². The van der Waals surface area contributed by atoms with E-state index in [-0.39, 0.29) is 42.1 Å². The van der Waals surface area contributed by atoms with E-state index in [1.165, 1.54) is 11.8 Å². The van der Waals surface area contributed by atoms with Gasteiger partial charge in [0, 0.05) is 25.3 Å². The van der Waals surface area contributed by atoms with Crippen LogP contribution in [0.15, 0.2) is 22.8 Å². The molecule has 0 atom stereocenters. The third-order valence-electron chi connectivity index (χ3n) is 3.68. The standard InChI is InChI=1S/C14H20N2O5S3.Na/c1-2-16-13(17)12(23-14(16)22)7-6-11-5-3-8-15(11)9-4-10-21-24(18,19)20;/h6-7H,2-5,8-10H2,1H3,(H,18,19,20);/q;+1/p-1/b11-6+,12-7+;. The Hall–Kier alpha value is 0.0600. The van der Waals surface area contributed by atoms with Crippen LogP contribution < -0.4 is 29.6 Å². The normalized spacial score (nSPS) is 21.5. The average molecular weight is 415 g/mol. The molecule has 2 rings (SSSR count). The molecule has 0 radical (unpaired) electrons. The number of hydrogen-bond acceptors (Lipinski definition) is 8. The van der Waals surface area contributed by atoms with Gasteiger partial charge in [0.25, 0.3) is 5.91 Å². The van der Waals surface area contributed by atoms with Gasteiger partial charge in [-0.3, -0.25) is 13.9 Å². The number of likely N-dealkylation sites (tertiary alicyclic amines) is 1. The Balaban J connectivity index is 0.00000312. The summed E-state index contributed by atoms with van der Waals surface area (Å²) in [4.78, 5) is 16.4. The number of carbonyl (C=O) groups is 1. The molecule has 0 N–H and O–H groups in total. The van der Waals surface area contributed by atoms with Gasteiger partial charge in [0.05, 0.1) is 11.5 Å². The average Bonchev–Trinajstić information content (AvgIpc) is 3.05. The summed E-state index contributed by atoms with van der Waals surface area (Å²) in [6, 6.07) is 0. The summed E-state index contributed by atoms with van der Waals surface area (Å²) in [5.41, 5.74) is 1.08. The molecule has 2 aliphatic heterocycles. The van der Waals surface area contributed by atoms with E-state index in [0.29, 0.717) is 28.7 Å². The van der Waals surface area contributed by atoms with Crippen molar-refractivity contribution in [3.63, 3.8) is 0 Å². The molecule has 0 bridgehead atoms. The van der Waals surface area contributed by atoms with Crippen LogP contribution in [0.4, 0.5) is 0 Å². The number of thiocarbonyl (C=S) groups is 1.